The van der Waals surface area contributed by atoms with Gasteiger partial charge in [-0.15, -0.1) is 0 Å². The van der Waals surface area contributed by atoms with Gasteiger partial charge in [-0.05, 0) is 36.3 Å². The van der Waals surface area contributed by atoms with E-state index in [1.165, 1.54) is 30.4 Å². The lowest BCUT2D eigenvalue weighted by Gasteiger charge is -2.30. The van der Waals surface area contributed by atoms with Gasteiger partial charge in [-0.2, -0.15) is 4.76 Å². The maximum Gasteiger partial charge on any atom is 0.448 e. The van der Waals surface area contributed by atoms with Gasteiger partial charge in [0.25, 0.3) is 0 Å². The third kappa shape index (κ3) is 4.33. The second kappa shape index (κ2) is 7.32. The normalized spacial score (nSPS) is 22.2. The zero-order chi connectivity index (χ0) is 17.9. The molecule has 0 radical (unpaired) electrons. The Kier molecular flexibility index (Phi) is 5.62. The van der Waals surface area contributed by atoms with Crippen LogP contribution in [-0.2, 0) is 4.57 Å². The fourth-order valence-corrected chi connectivity index (χ4v) is 3.32. The molecule has 3 atom stereocenters. The molecule has 1 aromatic rings. The van der Waals surface area contributed by atoms with E-state index in [9.17, 15) is 19.9 Å². The summed E-state index contributed by atoms with van der Waals surface area (Å²) in [6, 6.07) is 6.30. The summed E-state index contributed by atoms with van der Waals surface area (Å²) in [7, 11) is -4.70. The van der Waals surface area contributed by atoms with E-state index in [0.717, 1.165) is 5.56 Å². The van der Waals surface area contributed by atoms with Crippen LogP contribution in [-0.4, -0.2) is 36.9 Å². The standard InChI is InChI=1S/C16H20NO6P/c1-2-12(10-6-8-11(18)9-7-10)16(20)15-13(17-24(21,22)23)4-3-5-14(15)19/h3-9,12,15-16,18-20H,2H2,1H3,(H2,21,22,23). The first kappa shape index (κ1) is 18.4. The first-order valence-electron chi connectivity index (χ1n) is 7.43. The van der Waals surface area contributed by atoms with Gasteiger partial charge in [0.15, 0.2) is 0 Å². The number of hydrogen-bond acceptors (Lipinski definition) is 4. The Balaban J connectivity index is 2.39. The summed E-state index contributed by atoms with van der Waals surface area (Å²) in [6.07, 6.45) is 3.50. The van der Waals surface area contributed by atoms with Crippen LogP contribution < -0.4 is 0 Å². The molecule has 0 amide bonds. The molecule has 130 valence electrons. The first-order chi connectivity index (χ1) is 11.2. The average Bonchev–Trinajstić information content (AvgIpc) is 2.48. The van der Waals surface area contributed by atoms with Crippen molar-refractivity contribution in [3.63, 3.8) is 0 Å². The molecule has 8 heteroatoms. The van der Waals surface area contributed by atoms with Crippen molar-refractivity contribution in [3.05, 3.63) is 53.8 Å². The molecule has 24 heavy (non-hydrogen) atoms. The van der Waals surface area contributed by atoms with E-state index in [-0.39, 0.29) is 17.2 Å². The van der Waals surface area contributed by atoms with Crippen molar-refractivity contribution in [2.75, 3.05) is 0 Å². The zero-order valence-corrected chi connectivity index (χ0v) is 13.9. The van der Waals surface area contributed by atoms with Gasteiger partial charge in [0.1, 0.15) is 11.5 Å². The molecule has 5 N–H and O–H groups in total. The van der Waals surface area contributed by atoms with E-state index < -0.39 is 25.7 Å². The van der Waals surface area contributed by atoms with Crippen molar-refractivity contribution in [1.82, 2.24) is 0 Å². The Morgan fingerprint density at radius 1 is 1.21 bits per heavy atom. The van der Waals surface area contributed by atoms with E-state index >= 15 is 0 Å². The Hall–Kier alpha value is -1.92. The number of benzene rings is 1. The van der Waals surface area contributed by atoms with E-state index in [2.05, 4.69) is 4.76 Å². The fourth-order valence-electron chi connectivity index (χ4n) is 2.83. The molecule has 0 aromatic heterocycles. The van der Waals surface area contributed by atoms with E-state index in [1.807, 2.05) is 6.92 Å². The van der Waals surface area contributed by atoms with Gasteiger partial charge < -0.3 is 25.1 Å². The van der Waals surface area contributed by atoms with Crippen LogP contribution in [0.15, 0.2) is 53.0 Å². The zero-order valence-electron chi connectivity index (χ0n) is 13.0. The minimum absolute atomic E-state index is 0.0759. The van der Waals surface area contributed by atoms with Crippen LogP contribution in [0, 0.1) is 5.92 Å². The van der Waals surface area contributed by atoms with Crippen molar-refractivity contribution in [2.45, 2.75) is 25.4 Å². The fraction of sp³-hybridized carbons (Fsp3) is 0.312. The minimum atomic E-state index is -4.70. The molecule has 1 aromatic carbocycles. The van der Waals surface area contributed by atoms with Crippen LogP contribution in [0.25, 0.3) is 0 Å². The molecule has 0 aliphatic heterocycles. The number of aliphatic hydroxyl groups excluding tert-OH is 2. The number of aliphatic hydroxyl groups is 2. The summed E-state index contributed by atoms with van der Waals surface area (Å²) in [5.41, 5.74) is 0.661. The molecular formula is C16H20NO6P. The lowest BCUT2D eigenvalue weighted by atomic mass is 9.79. The molecule has 0 saturated carbocycles. The molecule has 0 spiro atoms. The molecule has 1 aliphatic rings. The van der Waals surface area contributed by atoms with Gasteiger partial charge in [0, 0.05) is 5.92 Å². The lowest BCUT2D eigenvalue weighted by Crippen LogP contribution is -2.35. The Labute approximate surface area is 139 Å². The predicted molar refractivity (Wildman–Crippen MR) is 90.0 cm³/mol. The number of nitrogens with zero attached hydrogens (tertiary/aromatic N) is 1. The molecule has 3 unspecified atom stereocenters. The van der Waals surface area contributed by atoms with Crippen molar-refractivity contribution >= 4 is 13.5 Å². The smallest absolute Gasteiger partial charge is 0.448 e. The highest BCUT2D eigenvalue weighted by molar-refractivity contribution is 7.50. The van der Waals surface area contributed by atoms with Crippen LogP contribution in [0.4, 0.5) is 0 Å². The number of phenols is 1. The van der Waals surface area contributed by atoms with Gasteiger partial charge in [-0.3, -0.25) is 0 Å². The molecule has 7 nitrogen and oxygen atoms in total. The molecule has 1 aliphatic carbocycles. The van der Waals surface area contributed by atoms with Crippen LogP contribution >= 0.6 is 7.75 Å². The Morgan fingerprint density at radius 3 is 2.38 bits per heavy atom. The van der Waals surface area contributed by atoms with Gasteiger partial charge in [0.05, 0.1) is 17.7 Å². The topological polar surface area (TPSA) is 131 Å². The van der Waals surface area contributed by atoms with Gasteiger partial charge >= 0.3 is 7.75 Å². The maximum absolute atomic E-state index is 11.2. The number of phenolic OH excluding ortho intramolecular Hbond substituents is 1. The minimum Gasteiger partial charge on any atom is -0.512 e. The highest BCUT2D eigenvalue weighted by atomic mass is 31.2. The molecule has 2 rings (SSSR count). The lowest BCUT2D eigenvalue weighted by molar-refractivity contribution is 0.101. The highest BCUT2D eigenvalue weighted by Crippen LogP contribution is 2.40. The molecular weight excluding hydrogens is 333 g/mol. The molecule has 0 bridgehead atoms. The monoisotopic (exact) mass is 353 g/mol. The molecule has 0 fully saturated rings. The predicted octanol–water partition coefficient (Wildman–Crippen LogP) is 2.41. The van der Waals surface area contributed by atoms with Crippen molar-refractivity contribution in [1.29, 1.82) is 0 Å². The van der Waals surface area contributed by atoms with Crippen LogP contribution in [0.3, 0.4) is 0 Å². The SMILES string of the molecule is CCC(c1ccc(O)cc1)C(O)C1C(O)=CC=CC1=NP(=O)(O)O. The number of hydrogen-bond donors (Lipinski definition) is 5. The maximum atomic E-state index is 11.2. The third-order valence-corrected chi connectivity index (χ3v) is 4.42. The molecule has 0 saturated heterocycles. The Morgan fingerprint density at radius 2 is 1.83 bits per heavy atom. The van der Waals surface area contributed by atoms with Gasteiger partial charge in [-0.25, -0.2) is 4.57 Å². The van der Waals surface area contributed by atoms with Crippen LogP contribution in [0.5, 0.6) is 5.75 Å². The van der Waals surface area contributed by atoms with Crippen molar-refractivity contribution in [2.24, 2.45) is 10.7 Å². The van der Waals surface area contributed by atoms with Crippen LogP contribution in [0.1, 0.15) is 24.8 Å². The number of aromatic hydroxyl groups is 1. The quantitative estimate of drug-likeness (QED) is 0.517. The summed E-state index contributed by atoms with van der Waals surface area (Å²) in [5.74, 6) is -1.58. The highest BCUT2D eigenvalue weighted by Gasteiger charge is 2.35. The summed E-state index contributed by atoms with van der Waals surface area (Å²) in [4.78, 5) is 18.2. The second-order valence-corrected chi connectivity index (χ2v) is 6.79. The van der Waals surface area contributed by atoms with Crippen molar-refractivity contribution in [3.8, 4) is 5.75 Å². The van der Waals surface area contributed by atoms with Crippen LogP contribution in [0.2, 0.25) is 0 Å². The van der Waals surface area contributed by atoms with Crippen molar-refractivity contribution < 1.29 is 29.7 Å². The van der Waals surface area contributed by atoms with Gasteiger partial charge in [-0.1, -0.05) is 25.1 Å². The third-order valence-electron chi connectivity index (χ3n) is 3.93. The Bertz CT molecular complexity index is 719. The second-order valence-electron chi connectivity index (χ2n) is 5.56. The van der Waals surface area contributed by atoms with Gasteiger partial charge in [0.2, 0.25) is 0 Å². The summed E-state index contributed by atoms with van der Waals surface area (Å²) >= 11 is 0. The first-order valence-corrected chi connectivity index (χ1v) is 8.99. The molecule has 0 heterocycles. The van der Waals surface area contributed by atoms with E-state index in [4.69, 9.17) is 9.79 Å². The summed E-state index contributed by atoms with van der Waals surface area (Å²) in [6.45, 7) is 1.85. The summed E-state index contributed by atoms with van der Waals surface area (Å²) in [5, 5.41) is 30.3. The van der Waals surface area contributed by atoms with E-state index in [0.29, 0.717) is 6.42 Å². The average molecular weight is 353 g/mol. The number of rotatable bonds is 5. The number of allylic oxidation sites excluding steroid dienone is 3. The van der Waals surface area contributed by atoms with E-state index in [1.54, 1.807) is 12.1 Å². The largest absolute Gasteiger partial charge is 0.512 e. The summed E-state index contributed by atoms with van der Waals surface area (Å²) < 4.78 is 14.5.